The van der Waals surface area contributed by atoms with Gasteiger partial charge in [0.25, 0.3) is 11.8 Å². The Morgan fingerprint density at radius 3 is 2.30 bits per heavy atom. The van der Waals surface area contributed by atoms with E-state index in [1.807, 2.05) is 60.7 Å². The van der Waals surface area contributed by atoms with Crippen molar-refractivity contribution < 1.29 is 24.2 Å². The Kier molecular flexibility index (Phi) is 11.2. The lowest BCUT2D eigenvalue weighted by Crippen LogP contribution is -2.52. The second-order valence-electron chi connectivity index (χ2n) is 13.8. The average molecular weight is 749 g/mol. The van der Waals surface area contributed by atoms with Crippen molar-refractivity contribution in [3.63, 3.8) is 0 Å². The van der Waals surface area contributed by atoms with E-state index in [1.54, 1.807) is 41.8 Å². The van der Waals surface area contributed by atoms with Gasteiger partial charge in [0.1, 0.15) is 23.3 Å². The fourth-order valence-corrected chi connectivity index (χ4v) is 7.55. The lowest BCUT2D eigenvalue weighted by Gasteiger charge is -2.40. The molecule has 12 heteroatoms. The third-order valence-corrected chi connectivity index (χ3v) is 10.9. The number of hydrogen-bond donors (Lipinski definition) is 1. The number of phenolic OH excluding ortho intramolecular Hbond substituents is 1. The predicted octanol–water partition coefficient (Wildman–Crippen LogP) is 6.53. The maximum absolute atomic E-state index is 14.9. The molecule has 0 bridgehead atoms. The van der Waals surface area contributed by atoms with Crippen LogP contribution in [0.15, 0.2) is 78.9 Å². The molecule has 0 aliphatic carbocycles. The van der Waals surface area contributed by atoms with Gasteiger partial charge in [-0.3, -0.25) is 19.4 Å². The average Bonchev–Trinajstić information content (AvgIpc) is 3.64. The molecule has 2 amide bonds. The number of anilines is 2. The first kappa shape index (κ1) is 38.2. The quantitative estimate of drug-likeness (QED) is 0.192. The molecule has 4 heterocycles. The molecular weight excluding hydrogens is 704 g/mol. The van der Waals surface area contributed by atoms with Gasteiger partial charge in [-0.05, 0) is 86.0 Å². The van der Waals surface area contributed by atoms with Crippen LogP contribution in [0.25, 0.3) is 11.3 Å². The Morgan fingerprint density at radius 1 is 0.926 bits per heavy atom. The highest BCUT2D eigenvalue weighted by molar-refractivity contribution is 6.13. The molecular formula is C42H45ClN6O5. The summed E-state index contributed by atoms with van der Waals surface area (Å²) in [6.45, 7) is 8.00. The molecule has 0 unspecified atom stereocenters. The van der Waals surface area contributed by atoms with Crippen molar-refractivity contribution in [1.82, 2.24) is 18.9 Å². The number of rotatable bonds is 8. The van der Waals surface area contributed by atoms with Gasteiger partial charge in [-0.1, -0.05) is 24.3 Å². The summed E-state index contributed by atoms with van der Waals surface area (Å²) in [6, 6.07) is 25.9. The molecule has 3 aromatic carbocycles. The summed E-state index contributed by atoms with van der Waals surface area (Å²) in [6.07, 6.45) is 0.756. The van der Waals surface area contributed by atoms with E-state index in [-0.39, 0.29) is 36.0 Å². The standard InChI is InChI=1S/C42H44N6O5.ClH/c1-27-37(42(51)48(31-10-12-34(49)13-11-31)39-21-32(24-43)44(3)28(39)2)23-40(45(27)4)38-22-35(52-5)14-15-36(38)41(50)47-25-30-9-7-6-8-29(30)20-33(47)26-46-16-18-53-19-17-46;/h6-15,21-23,33,49H,16-20,25-26H2,1-5H3;1H/t33-;/m0./s1. The second kappa shape index (κ2) is 15.8. The lowest BCUT2D eigenvalue weighted by atomic mass is 9.92. The smallest absolute Gasteiger partial charge is 0.264 e. The van der Waals surface area contributed by atoms with Crippen LogP contribution in [0.1, 0.15) is 48.9 Å². The van der Waals surface area contributed by atoms with E-state index >= 15 is 0 Å². The number of benzene rings is 3. The van der Waals surface area contributed by atoms with Crippen molar-refractivity contribution in [2.24, 2.45) is 14.1 Å². The maximum Gasteiger partial charge on any atom is 0.264 e. The van der Waals surface area contributed by atoms with Gasteiger partial charge in [-0.15, -0.1) is 12.4 Å². The number of aromatic nitrogens is 2. The molecule has 1 N–H and O–H groups in total. The fraction of sp³-hybridized carbons (Fsp3) is 0.310. The first-order valence-corrected chi connectivity index (χ1v) is 17.8. The highest BCUT2D eigenvalue weighted by Crippen LogP contribution is 2.38. The Balaban J connectivity index is 0.00000497. The number of carbonyl (C=O) groups is 2. The second-order valence-corrected chi connectivity index (χ2v) is 13.8. The molecule has 11 nitrogen and oxygen atoms in total. The number of phenols is 1. The molecule has 2 aliphatic rings. The van der Waals surface area contributed by atoms with E-state index in [0.29, 0.717) is 70.7 Å². The van der Waals surface area contributed by atoms with Crippen LogP contribution >= 0.6 is 12.4 Å². The number of hydrogen-bond acceptors (Lipinski definition) is 7. The summed E-state index contributed by atoms with van der Waals surface area (Å²) >= 11 is 0. The molecule has 54 heavy (non-hydrogen) atoms. The first-order chi connectivity index (χ1) is 25.6. The number of ether oxygens (including phenoxy) is 2. The number of carbonyl (C=O) groups excluding carboxylic acids is 2. The topological polar surface area (TPSA) is 116 Å². The Labute approximate surface area is 321 Å². The van der Waals surface area contributed by atoms with Crippen LogP contribution in [-0.2, 0) is 31.8 Å². The Morgan fingerprint density at radius 2 is 1.63 bits per heavy atom. The molecule has 7 rings (SSSR count). The van der Waals surface area contributed by atoms with Crippen molar-refractivity contribution in [1.29, 1.82) is 5.26 Å². The van der Waals surface area contributed by atoms with Crippen LogP contribution in [0.5, 0.6) is 11.5 Å². The number of nitrogens with zero attached hydrogens (tertiary/aromatic N) is 6. The summed E-state index contributed by atoms with van der Waals surface area (Å²) in [4.78, 5) is 35.7. The molecule has 1 atom stereocenters. The molecule has 0 saturated carbocycles. The fourth-order valence-electron chi connectivity index (χ4n) is 7.55. The van der Waals surface area contributed by atoms with Crippen molar-refractivity contribution in [3.05, 3.63) is 118 Å². The Hall–Kier alpha value is -5.54. The van der Waals surface area contributed by atoms with Crippen LogP contribution in [0, 0.1) is 25.2 Å². The number of morpholine rings is 1. The van der Waals surface area contributed by atoms with E-state index < -0.39 is 0 Å². The van der Waals surface area contributed by atoms with E-state index in [2.05, 4.69) is 29.2 Å². The van der Waals surface area contributed by atoms with Gasteiger partial charge in [-0.25, -0.2) is 0 Å². The summed E-state index contributed by atoms with van der Waals surface area (Å²) in [5.41, 5.74) is 7.61. The van der Waals surface area contributed by atoms with Crippen LogP contribution in [0.4, 0.5) is 11.4 Å². The minimum Gasteiger partial charge on any atom is -0.508 e. The van der Waals surface area contributed by atoms with Crippen molar-refractivity contribution >= 4 is 35.6 Å². The zero-order chi connectivity index (χ0) is 37.4. The highest BCUT2D eigenvalue weighted by Gasteiger charge is 2.34. The van der Waals surface area contributed by atoms with Crippen molar-refractivity contribution in [3.8, 4) is 28.8 Å². The predicted molar refractivity (Wildman–Crippen MR) is 210 cm³/mol. The molecule has 1 fully saturated rings. The number of fused-ring (bicyclic) bond motifs is 1. The van der Waals surface area contributed by atoms with Gasteiger partial charge < -0.3 is 28.6 Å². The van der Waals surface area contributed by atoms with Gasteiger partial charge >= 0.3 is 0 Å². The third kappa shape index (κ3) is 7.08. The van der Waals surface area contributed by atoms with Crippen LogP contribution in [0.2, 0.25) is 0 Å². The van der Waals surface area contributed by atoms with E-state index in [0.717, 1.165) is 37.3 Å². The van der Waals surface area contributed by atoms with Crippen LogP contribution in [0.3, 0.4) is 0 Å². The Bertz CT molecular complexity index is 2230. The zero-order valence-electron chi connectivity index (χ0n) is 31.2. The molecule has 5 aromatic rings. The minimum atomic E-state index is -0.317. The third-order valence-electron chi connectivity index (χ3n) is 10.9. The SMILES string of the molecule is COc1ccc(C(=O)N2Cc3ccccc3C[C@H]2CN2CCOCC2)c(-c2cc(C(=O)N(c3ccc(O)cc3)c3cc(C#N)n(C)c3C)c(C)n2C)c1.Cl. The van der Waals surface area contributed by atoms with Gasteiger partial charge in [0.2, 0.25) is 0 Å². The molecule has 0 spiro atoms. The highest BCUT2D eigenvalue weighted by atomic mass is 35.5. The van der Waals surface area contributed by atoms with Gasteiger partial charge in [0, 0.05) is 80.2 Å². The summed E-state index contributed by atoms with van der Waals surface area (Å²) in [5, 5.41) is 19.9. The lowest BCUT2D eigenvalue weighted by molar-refractivity contribution is 0.0193. The molecule has 2 aromatic heterocycles. The largest absolute Gasteiger partial charge is 0.508 e. The normalized spacial score (nSPS) is 15.6. The van der Waals surface area contributed by atoms with Crippen LogP contribution in [-0.4, -0.2) is 81.9 Å². The number of amides is 2. The van der Waals surface area contributed by atoms with E-state index in [1.165, 1.54) is 17.7 Å². The monoisotopic (exact) mass is 748 g/mol. The van der Waals surface area contributed by atoms with Crippen molar-refractivity contribution in [2.45, 2.75) is 32.9 Å². The van der Waals surface area contributed by atoms with E-state index in [4.69, 9.17) is 9.47 Å². The molecule has 0 radical (unpaired) electrons. The van der Waals surface area contributed by atoms with Gasteiger partial charge in [0.15, 0.2) is 0 Å². The van der Waals surface area contributed by atoms with Crippen LogP contribution < -0.4 is 9.64 Å². The summed E-state index contributed by atoms with van der Waals surface area (Å²) in [7, 11) is 5.27. The first-order valence-electron chi connectivity index (χ1n) is 17.8. The minimum absolute atomic E-state index is 0. The molecule has 1 saturated heterocycles. The number of methoxy groups -OCH3 is 1. The number of aromatic hydroxyl groups is 1. The molecule has 280 valence electrons. The maximum atomic E-state index is 14.9. The summed E-state index contributed by atoms with van der Waals surface area (Å²) in [5.74, 6) is 0.257. The molecule has 2 aliphatic heterocycles. The van der Waals surface area contributed by atoms with Gasteiger partial charge in [0.05, 0.1) is 31.6 Å². The van der Waals surface area contributed by atoms with Gasteiger partial charge in [-0.2, -0.15) is 5.26 Å². The number of halogens is 1. The zero-order valence-corrected chi connectivity index (χ0v) is 32.0. The van der Waals surface area contributed by atoms with E-state index in [9.17, 15) is 20.0 Å². The van der Waals surface area contributed by atoms with Crippen molar-refractivity contribution in [2.75, 3.05) is 44.9 Å². The summed E-state index contributed by atoms with van der Waals surface area (Å²) < 4.78 is 15.0. The number of nitriles is 1.